The highest BCUT2D eigenvalue weighted by Crippen LogP contribution is 2.26. The number of oxazole rings is 1. The minimum Gasteiger partial charge on any atom is -0.442 e. The fourth-order valence-corrected chi connectivity index (χ4v) is 8.84. The van der Waals surface area contributed by atoms with Crippen molar-refractivity contribution in [3.8, 4) is 0 Å². The third-order valence-corrected chi connectivity index (χ3v) is 10.7. The lowest BCUT2D eigenvalue weighted by molar-refractivity contribution is -0.132. The highest BCUT2D eigenvalue weighted by molar-refractivity contribution is 7.89. The van der Waals surface area contributed by atoms with Gasteiger partial charge in [-0.25, -0.2) is 13.4 Å². The van der Waals surface area contributed by atoms with Gasteiger partial charge in [0, 0.05) is 15.1 Å². The zero-order valence-corrected chi connectivity index (χ0v) is 29.0. The molecule has 246 valence electrons. The summed E-state index contributed by atoms with van der Waals surface area (Å²) >= 11 is 0. The highest BCUT2D eigenvalue weighted by atomic mass is 32.2. The Morgan fingerprint density at radius 1 is 0.911 bits per heavy atom. The Labute approximate surface area is 267 Å². The average molecular weight is 659 g/mol. The smallest absolute Gasteiger partial charge is 0.273 e. The second-order valence-electron chi connectivity index (χ2n) is 12.8. The van der Waals surface area contributed by atoms with E-state index in [2.05, 4.69) is 40.0 Å². The zero-order chi connectivity index (χ0) is 33.3. The Bertz CT molecular complexity index is 1530. The van der Waals surface area contributed by atoms with Gasteiger partial charge in [0.05, 0.1) is 32.2 Å². The first-order valence-electron chi connectivity index (χ1n) is 14.8. The van der Waals surface area contributed by atoms with E-state index in [0.717, 1.165) is 11.1 Å². The predicted octanol–water partition coefficient (Wildman–Crippen LogP) is 4.12. The molecule has 3 aromatic rings. The van der Waals surface area contributed by atoms with E-state index in [1.54, 1.807) is 13.8 Å². The van der Waals surface area contributed by atoms with E-state index in [4.69, 9.17) is 13.9 Å². The summed E-state index contributed by atoms with van der Waals surface area (Å²) in [5.74, 6) is -0.940. The number of hydrogen-bond donors (Lipinski definition) is 3. The van der Waals surface area contributed by atoms with Crippen LogP contribution in [0.1, 0.15) is 47.1 Å². The molecule has 0 aliphatic rings. The van der Waals surface area contributed by atoms with Gasteiger partial charge in [-0.1, -0.05) is 80.3 Å². The van der Waals surface area contributed by atoms with Crippen molar-refractivity contribution in [1.29, 1.82) is 0 Å². The Hall–Kier alpha value is -3.36. The number of benzene rings is 2. The molecule has 0 saturated heterocycles. The normalized spacial score (nSPS) is 14.7. The number of amides is 2. The molecule has 0 saturated carbocycles. The van der Waals surface area contributed by atoms with Crippen molar-refractivity contribution in [2.75, 3.05) is 26.0 Å². The maximum Gasteiger partial charge on any atom is 0.273 e. The van der Waals surface area contributed by atoms with Gasteiger partial charge in [0.15, 0.2) is 5.69 Å². The number of aromatic nitrogens is 1. The van der Waals surface area contributed by atoms with E-state index in [9.17, 15) is 18.0 Å². The summed E-state index contributed by atoms with van der Waals surface area (Å²) in [6, 6.07) is 19.4. The number of nitrogens with one attached hydrogen (secondary N) is 3. The van der Waals surface area contributed by atoms with Crippen LogP contribution in [0.2, 0.25) is 25.7 Å². The van der Waals surface area contributed by atoms with Gasteiger partial charge in [0.25, 0.3) is 5.91 Å². The molecule has 1 heterocycles. The number of aryl methyl sites for hydroxylation is 1. The number of ether oxygens (including phenoxy) is 2. The molecule has 0 spiro atoms. The predicted molar refractivity (Wildman–Crippen MR) is 176 cm³/mol. The molecule has 2 amide bonds. The van der Waals surface area contributed by atoms with Crippen LogP contribution in [0.5, 0.6) is 0 Å². The largest absolute Gasteiger partial charge is 0.442 e. The molecule has 13 heteroatoms. The number of sulfonamides is 1. The third-order valence-electron chi connectivity index (χ3n) is 7.11. The van der Waals surface area contributed by atoms with Gasteiger partial charge in [-0.3, -0.25) is 9.59 Å². The lowest BCUT2D eigenvalue weighted by Crippen LogP contribution is -2.63. The van der Waals surface area contributed by atoms with Gasteiger partial charge < -0.3 is 24.5 Å². The number of hydrogen-bond acceptors (Lipinski definition) is 8. The summed E-state index contributed by atoms with van der Waals surface area (Å²) in [6.45, 7) is 11.1. The topological polar surface area (TPSA) is 149 Å². The Morgan fingerprint density at radius 2 is 1.44 bits per heavy atom. The summed E-state index contributed by atoms with van der Waals surface area (Å²) in [5, 5.41) is 5.46. The van der Waals surface area contributed by atoms with E-state index in [1.165, 1.54) is 14.0 Å². The fourth-order valence-electron chi connectivity index (χ4n) is 4.37. The van der Waals surface area contributed by atoms with Crippen LogP contribution in [-0.2, 0) is 43.0 Å². The van der Waals surface area contributed by atoms with Gasteiger partial charge >= 0.3 is 0 Å². The minimum atomic E-state index is -3.88. The summed E-state index contributed by atoms with van der Waals surface area (Å²) in [5.41, 5.74) is -1.25. The maximum absolute atomic E-state index is 14.2. The molecule has 0 bridgehead atoms. The van der Waals surface area contributed by atoms with E-state index >= 15 is 0 Å². The first kappa shape index (κ1) is 36.1. The molecule has 3 N–H and O–H groups in total. The van der Waals surface area contributed by atoms with Crippen molar-refractivity contribution < 1.29 is 31.9 Å². The molecule has 1 aromatic heterocycles. The summed E-state index contributed by atoms with van der Waals surface area (Å²) in [6.07, 6.45) is 0. The summed E-state index contributed by atoms with van der Waals surface area (Å²) < 4.78 is 47.1. The molecule has 3 rings (SSSR count). The number of carbonyl (C=O) groups excluding carboxylic acids is 2. The standard InChI is InChI=1S/C32H46N4O7SSi/c1-24-27(28(37)33-4)34-30(43-24)32(3,23-42-21-26-16-12-9-13-17-26)35-29(38)31(2,22-41-20-25-14-10-8-11-15-25)36-44(39,40)18-19-45(5,6)7/h8-17,36H,18-23H2,1-7H3,(H,33,37)(H,35,38)/t31-,32-/m0/s1. The van der Waals surface area contributed by atoms with Crippen molar-refractivity contribution >= 4 is 29.9 Å². The fraction of sp³-hybridized carbons (Fsp3) is 0.469. The Kier molecular flexibility index (Phi) is 12.3. The Balaban J connectivity index is 1.93. The lowest BCUT2D eigenvalue weighted by Gasteiger charge is -2.35. The van der Waals surface area contributed by atoms with Crippen LogP contribution >= 0.6 is 0 Å². The van der Waals surface area contributed by atoms with Gasteiger partial charge in [0.1, 0.15) is 16.8 Å². The molecule has 0 unspecified atom stereocenters. The van der Waals surface area contributed by atoms with E-state index in [-0.39, 0.29) is 49.5 Å². The molecule has 0 aliphatic carbocycles. The number of rotatable bonds is 17. The molecule has 2 atom stereocenters. The monoisotopic (exact) mass is 658 g/mol. The van der Waals surface area contributed by atoms with Crippen molar-refractivity contribution in [1.82, 2.24) is 20.3 Å². The van der Waals surface area contributed by atoms with E-state index in [0.29, 0.717) is 6.04 Å². The van der Waals surface area contributed by atoms with Crippen molar-refractivity contribution in [2.24, 2.45) is 0 Å². The third kappa shape index (κ3) is 10.9. The quantitative estimate of drug-likeness (QED) is 0.184. The van der Waals surface area contributed by atoms with Crippen molar-refractivity contribution in [3.63, 3.8) is 0 Å². The molecule has 0 radical (unpaired) electrons. The van der Waals surface area contributed by atoms with Gasteiger partial charge in [0.2, 0.25) is 21.8 Å². The first-order chi connectivity index (χ1) is 21.1. The number of carbonyl (C=O) groups is 2. The van der Waals surface area contributed by atoms with Crippen LogP contribution in [0.3, 0.4) is 0 Å². The SMILES string of the molecule is CNC(=O)c1nc([C@](C)(COCc2ccccc2)NC(=O)[C@](C)(COCc2ccccc2)NS(=O)(=O)CC[Si](C)(C)C)oc1C. The average Bonchev–Trinajstić information content (AvgIpc) is 3.38. The molecule has 11 nitrogen and oxygen atoms in total. The van der Waals surface area contributed by atoms with Crippen LogP contribution in [0.15, 0.2) is 65.1 Å². The lowest BCUT2D eigenvalue weighted by atomic mass is 9.98. The molecule has 0 fully saturated rings. The molecule has 2 aromatic carbocycles. The number of nitrogens with zero attached hydrogens (tertiary/aromatic N) is 1. The van der Waals surface area contributed by atoms with Gasteiger partial charge in [-0.15, -0.1) is 0 Å². The highest BCUT2D eigenvalue weighted by Gasteiger charge is 2.44. The minimum absolute atomic E-state index is 0.0363. The molecule has 45 heavy (non-hydrogen) atoms. The zero-order valence-electron chi connectivity index (χ0n) is 27.2. The second kappa shape index (κ2) is 15.3. The summed E-state index contributed by atoms with van der Waals surface area (Å²) in [4.78, 5) is 31.0. The maximum atomic E-state index is 14.2. The van der Waals surface area contributed by atoms with Crippen molar-refractivity contribution in [2.45, 2.75) is 70.7 Å². The van der Waals surface area contributed by atoms with Crippen LogP contribution in [0.25, 0.3) is 0 Å². The van der Waals surface area contributed by atoms with Crippen molar-refractivity contribution in [3.05, 3.63) is 89.1 Å². The van der Waals surface area contributed by atoms with Gasteiger partial charge in [-0.05, 0) is 37.9 Å². The van der Waals surface area contributed by atoms with Gasteiger partial charge in [-0.2, -0.15) is 4.72 Å². The van der Waals surface area contributed by atoms with Crippen LogP contribution < -0.4 is 15.4 Å². The Morgan fingerprint density at radius 3 is 1.96 bits per heavy atom. The first-order valence-corrected chi connectivity index (χ1v) is 20.2. The van der Waals surface area contributed by atoms with E-state index < -0.39 is 41.0 Å². The van der Waals surface area contributed by atoms with E-state index in [1.807, 2.05) is 60.7 Å². The van der Waals surface area contributed by atoms with Crippen LogP contribution in [0, 0.1) is 6.92 Å². The molecular formula is C32H46N4O7SSi. The van der Waals surface area contributed by atoms with Crippen LogP contribution in [-0.4, -0.2) is 64.8 Å². The van der Waals surface area contributed by atoms with Crippen LogP contribution in [0.4, 0.5) is 0 Å². The second-order valence-corrected chi connectivity index (χ2v) is 20.3. The molecule has 0 aliphatic heterocycles. The summed E-state index contributed by atoms with van der Waals surface area (Å²) in [7, 11) is -4.10. The molecular weight excluding hydrogens is 613 g/mol.